The molecule has 0 aliphatic rings. The van der Waals surface area contributed by atoms with Gasteiger partial charge in [-0.3, -0.25) is 9.78 Å². The van der Waals surface area contributed by atoms with Gasteiger partial charge in [-0.25, -0.2) is 4.39 Å². The molecule has 0 bridgehead atoms. The number of aromatic amines is 1. The molecule has 1 aromatic heterocycles. The fraction of sp³-hybridized carbons (Fsp3) is 0.182. The highest BCUT2D eigenvalue weighted by Gasteiger charge is 1.96. The van der Waals surface area contributed by atoms with Gasteiger partial charge in [0.2, 0.25) is 5.95 Å². The second kappa shape index (κ2) is 5.20. The Kier molecular flexibility index (Phi) is 3.44. The molecule has 6 heteroatoms. The largest absolute Gasteiger partial charge is 0.354 e. The predicted octanol–water partition coefficient (Wildman–Crippen LogP) is 0.959. The highest BCUT2D eigenvalue weighted by Crippen LogP contribution is 2.03. The molecule has 1 aromatic carbocycles. The lowest BCUT2D eigenvalue weighted by atomic mass is 10.1. The van der Waals surface area contributed by atoms with Crippen LogP contribution in [-0.2, 0) is 6.42 Å². The Labute approximate surface area is 96.7 Å². The molecule has 2 aromatic rings. The number of halogens is 1. The third-order valence-corrected chi connectivity index (χ3v) is 2.19. The normalized spacial score (nSPS) is 10.2. The van der Waals surface area contributed by atoms with Crippen LogP contribution in [0.4, 0.5) is 10.3 Å². The van der Waals surface area contributed by atoms with Gasteiger partial charge in [-0.05, 0) is 24.1 Å². The van der Waals surface area contributed by atoms with Crippen molar-refractivity contribution in [3.8, 4) is 0 Å². The second-order valence-corrected chi connectivity index (χ2v) is 3.49. The first-order chi connectivity index (χ1) is 8.24. The van der Waals surface area contributed by atoms with E-state index in [-0.39, 0.29) is 11.4 Å². The second-order valence-electron chi connectivity index (χ2n) is 3.49. The minimum absolute atomic E-state index is 0.250. The zero-order chi connectivity index (χ0) is 12.1. The summed E-state index contributed by atoms with van der Waals surface area (Å²) in [5.41, 5.74) is 0.703. The van der Waals surface area contributed by atoms with Gasteiger partial charge in [-0.15, -0.1) is 10.2 Å². The molecule has 0 saturated carbocycles. The molecule has 2 rings (SSSR count). The summed E-state index contributed by atoms with van der Waals surface area (Å²) in [6.07, 6.45) is 1.81. The maximum atomic E-state index is 12.6. The van der Waals surface area contributed by atoms with Gasteiger partial charge in [0.15, 0.2) is 0 Å². The Morgan fingerprint density at radius 1 is 1.29 bits per heavy atom. The van der Waals surface area contributed by atoms with Crippen LogP contribution in [-0.4, -0.2) is 21.7 Å². The number of nitrogens with zero attached hydrogens (tertiary/aromatic N) is 2. The zero-order valence-corrected chi connectivity index (χ0v) is 8.98. The van der Waals surface area contributed by atoms with Crippen LogP contribution in [0, 0.1) is 5.82 Å². The van der Waals surface area contributed by atoms with Crippen molar-refractivity contribution in [2.75, 3.05) is 11.9 Å². The SMILES string of the molecule is O=c1cnnc(NCCc2ccc(F)cc2)[nH]1. The third-order valence-electron chi connectivity index (χ3n) is 2.19. The fourth-order valence-corrected chi connectivity index (χ4v) is 1.37. The maximum absolute atomic E-state index is 12.6. The lowest BCUT2D eigenvalue weighted by Gasteiger charge is -2.04. The van der Waals surface area contributed by atoms with Crippen LogP contribution in [0.3, 0.4) is 0 Å². The number of rotatable bonds is 4. The van der Waals surface area contributed by atoms with E-state index in [1.54, 1.807) is 12.1 Å². The van der Waals surface area contributed by atoms with Gasteiger partial charge in [0.25, 0.3) is 5.56 Å². The topological polar surface area (TPSA) is 70.7 Å². The van der Waals surface area contributed by atoms with Crippen molar-refractivity contribution >= 4 is 5.95 Å². The quantitative estimate of drug-likeness (QED) is 0.826. The van der Waals surface area contributed by atoms with E-state index in [0.29, 0.717) is 18.9 Å². The number of hydrogen-bond donors (Lipinski definition) is 2. The van der Waals surface area contributed by atoms with Gasteiger partial charge in [-0.2, -0.15) is 0 Å². The summed E-state index contributed by atoms with van der Waals surface area (Å²) in [6, 6.07) is 6.27. The van der Waals surface area contributed by atoms with Gasteiger partial charge < -0.3 is 5.32 Å². The molecule has 0 spiro atoms. The monoisotopic (exact) mass is 234 g/mol. The summed E-state index contributed by atoms with van der Waals surface area (Å²) in [7, 11) is 0. The summed E-state index contributed by atoms with van der Waals surface area (Å²) in [6.45, 7) is 0.584. The number of hydrogen-bond acceptors (Lipinski definition) is 4. The van der Waals surface area contributed by atoms with E-state index in [1.165, 1.54) is 12.1 Å². The standard InChI is InChI=1S/C11H11FN4O/c12-9-3-1-8(2-4-9)5-6-13-11-15-10(17)7-14-16-11/h1-4,7H,5-6H2,(H2,13,15,16,17). The fourth-order valence-electron chi connectivity index (χ4n) is 1.37. The molecular weight excluding hydrogens is 223 g/mol. The van der Waals surface area contributed by atoms with Crippen LogP contribution >= 0.6 is 0 Å². The highest BCUT2D eigenvalue weighted by molar-refractivity contribution is 5.22. The lowest BCUT2D eigenvalue weighted by molar-refractivity contribution is 0.627. The van der Waals surface area contributed by atoms with E-state index in [1.807, 2.05) is 0 Å². The Bertz CT molecular complexity index is 538. The molecule has 0 amide bonds. The van der Waals surface area contributed by atoms with E-state index < -0.39 is 0 Å². The van der Waals surface area contributed by atoms with E-state index in [0.717, 1.165) is 11.8 Å². The average Bonchev–Trinajstić information content (AvgIpc) is 2.32. The van der Waals surface area contributed by atoms with Crippen LogP contribution in [0.2, 0.25) is 0 Å². The number of anilines is 1. The van der Waals surface area contributed by atoms with Crippen molar-refractivity contribution in [1.82, 2.24) is 15.2 Å². The third kappa shape index (κ3) is 3.37. The Morgan fingerprint density at radius 3 is 2.76 bits per heavy atom. The average molecular weight is 234 g/mol. The molecule has 0 aliphatic heterocycles. The smallest absolute Gasteiger partial charge is 0.271 e. The van der Waals surface area contributed by atoms with Crippen molar-refractivity contribution in [3.05, 3.63) is 52.2 Å². The summed E-state index contributed by atoms with van der Waals surface area (Å²) in [5, 5.41) is 10.1. The van der Waals surface area contributed by atoms with E-state index >= 15 is 0 Å². The number of aromatic nitrogens is 3. The molecule has 5 nitrogen and oxygen atoms in total. The van der Waals surface area contributed by atoms with E-state index in [2.05, 4.69) is 20.5 Å². The Morgan fingerprint density at radius 2 is 2.06 bits per heavy atom. The zero-order valence-electron chi connectivity index (χ0n) is 8.98. The van der Waals surface area contributed by atoms with Gasteiger partial charge in [-0.1, -0.05) is 12.1 Å². The number of nitrogens with one attached hydrogen (secondary N) is 2. The molecule has 0 unspecified atom stereocenters. The molecule has 0 atom stereocenters. The lowest BCUT2D eigenvalue weighted by Crippen LogP contribution is -2.14. The molecule has 0 saturated heterocycles. The van der Waals surface area contributed by atoms with Crippen LogP contribution in [0.5, 0.6) is 0 Å². The van der Waals surface area contributed by atoms with Gasteiger partial charge in [0.05, 0.1) is 0 Å². The molecule has 0 fully saturated rings. The van der Waals surface area contributed by atoms with Gasteiger partial charge in [0, 0.05) is 6.54 Å². The molecule has 0 aliphatic carbocycles. The summed E-state index contributed by atoms with van der Waals surface area (Å²) in [5.74, 6) is 0.0829. The summed E-state index contributed by atoms with van der Waals surface area (Å²) in [4.78, 5) is 13.4. The Hall–Kier alpha value is -2.24. The van der Waals surface area contributed by atoms with Crippen molar-refractivity contribution < 1.29 is 4.39 Å². The van der Waals surface area contributed by atoms with Crippen LogP contribution < -0.4 is 10.9 Å². The Balaban J connectivity index is 1.87. The maximum Gasteiger partial charge on any atom is 0.271 e. The molecular formula is C11H11FN4O. The van der Waals surface area contributed by atoms with Crippen LogP contribution in [0.15, 0.2) is 35.3 Å². The predicted molar refractivity (Wildman–Crippen MR) is 61.2 cm³/mol. The number of benzene rings is 1. The van der Waals surface area contributed by atoms with Crippen molar-refractivity contribution in [1.29, 1.82) is 0 Å². The molecule has 0 radical (unpaired) electrons. The highest BCUT2D eigenvalue weighted by atomic mass is 19.1. The first kappa shape index (κ1) is 11.3. The van der Waals surface area contributed by atoms with E-state index in [9.17, 15) is 9.18 Å². The van der Waals surface area contributed by atoms with Gasteiger partial charge >= 0.3 is 0 Å². The van der Waals surface area contributed by atoms with Crippen LogP contribution in [0.1, 0.15) is 5.56 Å². The van der Waals surface area contributed by atoms with Crippen molar-refractivity contribution in [2.45, 2.75) is 6.42 Å². The number of H-pyrrole nitrogens is 1. The van der Waals surface area contributed by atoms with Crippen LogP contribution in [0.25, 0.3) is 0 Å². The molecule has 1 heterocycles. The summed E-state index contributed by atoms with van der Waals surface area (Å²) >= 11 is 0. The minimum atomic E-state index is -0.302. The first-order valence-electron chi connectivity index (χ1n) is 5.14. The molecule has 17 heavy (non-hydrogen) atoms. The molecule has 88 valence electrons. The van der Waals surface area contributed by atoms with Crippen molar-refractivity contribution in [3.63, 3.8) is 0 Å². The molecule has 2 N–H and O–H groups in total. The summed E-state index contributed by atoms with van der Waals surface area (Å²) < 4.78 is 12.6. The first-order valence-corrected chi connectivity index (χ1v) is 5.14. The van der Waals surface area contributed by atoms with E-state index in [4.69, 9.17) is 0 Å². The van der Waals surface area contributed by atoms with Gasteiger partial charge in [0.1, 0.15) is 12.0 Å². The van der Waals surface area contributed by atoms with Crippen molar-refractivity contribution in [2.24, 2.45) is 0 Å². The minimum Gasteiger partial charge on any atom is -0.354 e.